The molecule has 11 heteroatoms. The van der Waals surface area contributed by atoms with Gasteiger partial charge in [-0.15, -0.1) is 0 Å². The third-order valence-electron chi connectivity index (χ3n) is 5.93. The van der Waals surface area contributed by atoms with Crippen molar-refractivity contribution in [2.45, 2.75) is 33.1 Å². The molecule has 0 spiro atoms. The van der Waals surface area contributed by atoms with Crippen LogP contribution in [0, 0.1) is 6.92 Å². The molecule has 0 aromatic heterocycles. The minimum Gasteiger partial charge on any atom is -0.325 e. The standard InChI is InChI=1S/C26H27Cl3N6O2/c1-13(2)23-22-25(35(33-23)24-17(28)10-16(27)11-18(24)29)31-20(32-26(22)37)9-15-7-6-8-19(14(15)3)30-21(36)12-34(4)5/h6-8,10-11,13,33H,9,12H2,1-5H3,(H,30,36). The van der Waals surface area contributed by atoms with Crippen LogP contribution in [0.25, 0.3) is 17.1 Å². The molecule has 8 nitrogen and oxygen atoms in total. The smallest absolute Gasteiger partial charge is 0.284 e. The number of carbonyl (C=O) groups excluding carboxylic acids is 1. The van der Waals surface area contributed by atoms with Crippen LogP contribution in [0.1, 0.15) is 42.4 Å². The summed E-state index contributed by atoms with van der Waals surface area (Å²) in [5.41, 5.74) is 3.56. The summed E-state index contributed by atoms with van der Waals surface area (Å²) in [6, 6.07) is 8.78. The number of aromatic amines is 1. The molecule has 2 heterocycles. The minimum absolute atomic E-state index is 0.0135. The summed E-state index contributed by atoms with van der Waals surface area (Å²) < 4.78 is 1.61. The van der Waals surface area contributed by atoms with Crippen molar-refractivity contribution in [2.24, 2.45) is 0 Å². The highest BCUT2D eigenvalue weighted by atomic mass is 35.5. The number of hydrogen-bond acceptors (Lipinski definition) is 5. The van der Waals surface area contributed by atoms with Gasteiger partial charge in [-0.05, 0) is 56.3 Å². The van der Waals surface area contributed by atoms with Gasteiger partial charge in [-0.25, -0.2) is 9.67 Å². The Kier molecular flexibility index (Phi) is 7.94. The lowest BCUT2D eigenvalue weighted by Crippen LogP contribution is -2.27. The molecule has 0 unspecified atom stereocenters. The van der Waals surface area contributed by atoms with E-state index in [-0.39, 0.29) is 18.4 Å². The summed E-state index contributed by atoms with van der Waals surface area (Å²) in [5.74, 6) is 0.580. The first-order valence-corrected chi connectivity index (χ1v) is 12.8. The van der Waals surface area contributed by atoms with Crippen molar-refractivity contribution < 1.29 is 4.79 Å². The molecule has 0 saturated carbocycles. The van der Waals surface area contributed by atoms with Gasteiger partial charge >= 0.3 is 0 Å². The number of rotatable bonds is 7. The molecule has 0 fully saturated rings. The molecule has 0 bridgehead atoms. The second kappa shape index (κ2) is 10.8. The second-order valence-corrected chi connectivity index (χ2v) is 10.7. The van der Waals surface area contributed by atoms with E-state index in [1.165, 1.54) is 0 Å². The van der Waals surface area contributed by atoms with E-state index >= 15 is 0 Å². The maximum atomic E-state index is 13.3. The van der Waals surface area contributed by atoms with Gasteiger partial charge in [0, 0.05) is 17.1 Å². The molecule has 2 N–H and O–H groups in total. The summed E-state index contributed by atoms with van der Waals surface area (Å²) in [5, 5.41) is 7.20. The first kappa shape index (κ1) is 27.1. The summed E-state index contributed by atoms with van der Waals surface area (Å²) in [4.78, 5) is 36.4. The van der Waals surface area contributed by atoms with Gasteiger partial charge in [-0.1, -0.05) is 60.8 Å². The van der Waals surface area contributed by atoms with Crippen molar-refractivity contribution >= 4 is 46.4 Å². The molecule has 2 aromatic rings. The Balaban J connectivity index is 1.80. The van der Waals surface area contributed by atoms with E-state index in [0.717, 1.165) is 11.1 Å². The Bertz CT molecular complexity index is 1490. The number of likely N-dealkylation sites (N-methyl/N-ethyl adjacent to an activating group) is 1. The third kappa shape index (κ3) is 5.67. The van der Waals surface area contributed by atoms with Crippen molar-refractivity contribution in [1.29, 1.82) is 0 Å². The number of fused-ring (bicyclic) bond motifs is 1. The molecule has 4 rings (SSSR count). The Morgan fingerprint density at radius 3 is 2.43 bits per heavy atom. The first-order chi connectivity index (χ1) is 17.5. The van der Waals surface area contributed by atoms with Crippen LogP contribution in [-0.2, 0) is 11.2 Å². The molecule has 0 aliphatic carbocycles. The third-order valence-corrected chi connectivity index (χ3v) is 6.72. The van der Waals surface area contributed by atoms with E-state index in [1.54, 1.807) is 21.7 Å². The lowest BCUT2D eigenvalue weighted by molar-refractivity contribution is -0.116. The molecular formula is C26H27Cl3N6O2. The van der Waals surface area contributed by atoms with E-state index in [1.807, 2.05) is 53.1 Å². The number of nitrogens with zero attached hydrogens (tertiary/aromatic N) is 4. The highest BCUT2D eigenvalue weighted by Crippen LogP contribution is 2.36. The van der Waals surface area contributed by atoms with E-state index in [4.69, 9.17) is 39.8 Å². The fourth-order valence-corrected chi connectivity index (χ4v) is 5.15. The van der Waals surface area contributed by atoms with E-state index in [9.17, 15) is 9.59 Å². The Morgan fingerprint density at radius 1 is 1.14 bits per heavy atom. The second-order valence-electron chi connectivity index (χ2n) is 9.43. The number of carbonyl (C=O) groups is 1. The summed E-state index contributed by atoms with van der Waals surface area (Å²) >= 11 is 19.1. The molecule has 2 aliphatic rings. The number of anilines is 1. The summed E-state index contributed by atoms with van der Waals surface area (Å²) in [6.07, 6.45) is 0.290. The largest absolute Gasteiger partial charge is 0.325 e. The van der Waals surface area contributed by atoms with Gasteiger partial charge in [-0.3, -0.25) is 14.7 Å². The highest BCUT2D eigenvalue weighted by Gasteiger charge is 2.27. The predicted molar refractivity (Wildman–Crippen MR) is 149 cm³/mol. The quantitative estimate of drug-likeness (QED) is 0.309. The van der Waals surface area contributed by atoms with Crippen LogP contribution >= 0.6 is 34.8 Å². The maximum Gasteiger partial charge on any atom is 0.284 e. The van der Waals surface area contributed by atoms with Crippen LogP contribution < -0.4 is 10.9 Å². The number of amides is 1. The van der Waals surface area contributed by atoms with Crippen molar-refractivity contribution in [1.82, 2.24) is 24.6 Å². The molecule has 194 valence electrons. The van der Waals surface area contributed by atoms with Gasteiger partial charge in [0.2, 0.25) is 5.91 Å². The zero-order valence-electron chi connectivity index (χ0n) is 21.1. The average Bonchev–Trinajstić information content (AvgIpc) is 3.15. The van der Waals surface area contributed by atoms with Crippen LogP contribution in [0.15, 0.2) is 35.1 Å². The number of nitrogens with one attached hydrogen (secondary N) is 2. The van der Waals surface area contributed by atoms with E-state index in [2.05, 4.69) is 15.4 Å². The fraction of sp³-hybridized carbons (Fsp3) is 0.308. The van der Waals surface area contributed by atoms with Gasteiger partial charge in [0.1, 0.15) is 17.1 Å². The number of aromatic nitrogens is 4. The SMILES string of the molecule is Cc1c(Cc2nc3n(-c4c(Cl)cc(Cl)cc4Cl)[nH]c(C(C)C)c-3c(=O)n2)cccc1NC(=O)CN(C)C. The molecule has 37 heavy (non-hydrogen) atoms. The zero-order chi connectivity index (χ0) is 27.0. The van der Waals surface area contributed by atoms with Crippen LogP contribution in [0.5, 0.6) is 0 Å². The average molecular weight is 562 g/mol. The number of halogens is 3. The topological polar surface area (TPSA) is 95.9 Å². The van der Waals surface area contributed by atoms with Crippen LogP contribution in [0.2, 0.25) is 15.1 Å². The van der Waals surface area contributed by atoms with Gasteiger partial charge in [0.05, 0.1) is 22.3 Å². The Labute approximate surface area is 229 Å². The lowest BCUT2D eigenvalue weighted by atomic mass is 10.0. The molecule has 1 amide bonds. The van der Waals surface area contributed by atoms with Gasteiger partial charge in [0.15, 0.2) is 5.82 Å². The summed E-state index contributed by atoms with van der Waals surface area (Å²) in [6.45, 7) is 6.11. The number of hydrogen-bond donors (Lipinski definition) is 2. The highest BCUT2D eigenvalue weighted by molar-refractivity contribution is 6.40. The van der Waals surface area contributed by atoms with Crippen LogP contribution in [0.3, 0.4) is 0 Å². The minimum atomic E-state index is -0.395. The molecule has 0 saturated heterocycles. The van der Waals surface area contributed by atoms with Crippen molar-refractivity contribution in [3.8, 4) is 17.1 Å². The van der Waals surface area contributed by atoms with Gasteiger partial charge < -0.3 is 10.2 Å². The monoisotopic (exact) mass is 560 g/mol. The van der Waals surface area contributed by atoms with Crippen molar-refractivity contribution in [3.63, 3.8) is 0 Å². The molecular weight excluding hydrogens is 535 g/mol. The Morgan fingerprint density at radius 2 is 1.81 bits per heavy atom. The van der Waals surface area contributed by atoms with Gasteiger partial charge in [-0.2, -0.15) is 4.98 Å². The maximum absolute atomic E-state index is 13.3. The number of H-pyrrole nitrogens is 1. The fourth-order valence-electron chi connectivity index (χ4n) is 4.16. The Hall–Kier alpha value is -2.91. The van der Waals surface area contributed by atoms with Crippen molar-refractivity contribution in [3.05, 3.63) is 78.4 Å². The zero-order valence-corrected chi connectivity index (χ0v) is 23.4. The molecule has 2 aromatic carbocycles. The van der Waals surface area contributed by atoms with Crippen LogP contribution in [0.4, 0.5) is 5.69 Å². The first-order valence-electron chi connectivity index (χ1n) is 11.7. The normalized spacial score (nSPS) is 11.6. The van der Waals surface area contributed by atoms with Gasteiger partial charge in [0.25, 0.3) is 5.56 Å². The van der Waals surface area contributed by atoms with E-state index < -0.39 is 5.56 Å². The molecule has 0 radical (unpaired) electrons. The van der Waals surface area contributed by atoms with Crippen LogP contribution in [-0.4, -0.2) is 51.2 Å². The lowest BCUT2D eigenvalue weighted by Gasteiger charge is -2.15. The summed E-state index contributed by atoms with van der Waals surface area (Å²) in [7, 11) is 3.67. The van der Waals surface area contributed by atoms with E-state index in [0.29, 0.717) is 55.8 Å². The predicted octanol–water partition coefficient (Wildman–Crippen LogP) is 5.54. The molecule has 2 aliphatic heterocycles. The molecule has 0 atom stereocenters. The number of benzene rings is 2. The van der Waals surface area contributed by atoms with Crippen molar-refractivity contribution in [2.75, 3.05) is 26.0 Å².